The molecule has 0 saturated heterocycles. The summed E-state index contributed by atoms with van der Waals surface area (Å²) < 4.78 is 36.1. The van der Waals surface area contributed by atoms with E-state index in [1.165, 1.54) is 36.4 Å². The van der Waals surface area contributed by atoms with Gasteiger partial charge in [0.2, 0.25) is 0 Å². The van der Waals surface area contributed by atoms with Gasteiger partial charge in [0.15, 0.2) is 11.5 Å². The molecule has 0 aromatic heterocycles. The Morgan fingerprint density at radius 3 is 1.16 bits per heavy atom. The zero-order valence-corrected chi connectivity index (χ0v) is 38.1. The van der Waals surface area contributed by atoms with Crippen LogP contribution >= 0.6 is 34.8 Å². The lowest BCUT2D eigenvalue weighted by Crippen LogP contribution is -2.14. The highest BCUT2D eigenvalue weighted by Crippen LogP contribution is 2.45. The first-order valence-corrected chi connectivity index (χ1v) is 22.3. The fourth-order valence-electron chi connectivity index (χ4n) is 7.25. The predicted octanol–water partition coefficient (Wildman–Crippen LogP) is 14.3. The number of benzene rings is 9. The first-order chi connectivity index (χ1) is 33.2. The van der Waals surface area contributed by atoms with Gasteiger partial charge in [0.05, 0.1) is 31.8 Å². The topological polar surface area (TPSA) is 107 Å². The molecule has 0 atom stereocenters. The second-order valence-corrected chi connectivity index (χ2v) is 16.6. The van der Waals surface area contributed by atoms with Crippen molar-refractivity contribution in [1.29, 1.82) is 0 Å². The van der Waals surface area contributed by atoms with Crippen LogP contribution in [-0.4, -0.2) is 17.9 Å². The molecule has 0 heterocycles. The van der Waals surface area contributed by atoms with E-state index in [1.807, 2.05) is 103 Å². The lowest BCUT2D eigenvalue weighted by atomic mass is 10.0. The van der Waals surface area contributed by atoms with Crippen LogP contribution in [0.15, 0.2) is 188 Å². The van der Waals surface area contributed by atoms with Gasteiger partial charge in [-0.3, -0.25) is 0 Å². The van der Waals surface area contributed by atoms with Crippen LogP contribution in [0.3, 0.4) is 0 Å². The minimum absolute atomic E-state index is 0.0785. The molecule has 9 rings (SSSR count). The number of esters is 3. The van der Waals surface area contributed by atoms with Crippen molar-refractivity contribution in [1.82, 2.24) is 0 Å². The molecule has 0 aliphatic rings. The molecule has 0 aliphatic carbocycles. The van der Waals surface area contributed by atoms with Gasteiger partial charge in [0.25, 0.3) is 0 Å². The zero-order chi connectivity index (χ0) is 47.0. The van der Waals surface area contributed by atoms with Gasteiger partial charge in [-0.25, -0.2) is 14.4 Å². The first-order valence-electron chi connectivity index (χ1n) is 21.2. The molecule has 68 heavy (non-hydrogen) atoms. The number of ether oxygens (including phenoxy) is 6. The molecule has 0 bridgehead atoms. The van der Waals surface area contributed by atoms with Gasteiger partial charge in [-0.1, -0.05) is 150 Å². The van der Waals surface area contributed by atoms with E-state index in [-0.39, 0.29) is 74.2 Å². The Bertz CT molecular complexity index is 3310. The largest absolute Gasteiger partial charge is 0.487 e. The smallest absolute Gasteiger partial charge is 0.343 e. The second kappa shape index (κ2) is 20.8. The van der Waals surface area contributed by atoms with Gasteiger partial charge in [0, 0.05) is 16.2 Å². The molecule has 0 radical (unpaired) electrons. The summed E-state index contributed by atoms with van der Waals surface area (Å²) in [7, 11) is 0. The van der Waals surface area contributed by atoms with Crippen molar-refractivity contribution in [3.05, 3.63) is 237 Å². The minimum atomic E-state index is -0.829. The van der Waals surface area contributed by atoms with Gasteiger partial charge in [0.1, 0.15) is 42.8 Å². The Labute approximate surface area is 405 Å². The maximum atomic E-state index is 14.2. The van der Waals surface area contributed by atoms with Gasteiger partial charge in [-0.2, -0.15) is 0 Å². The summed E-state index contributed by atoms with van der Waals surface area (Å²) in [6.45, 7) is 0.801. The molecule has 9 aromatic carbocycles. The minimum Gasteiger partial charge on any atom is -0.487 e. The molecule has 0 N–H and O–H groups in total. The number of carbonyl (C=O) groups excluding carboxylic acids is 3. The number of halogens is 3. The molecule has 0 aliphatic heterocycles. The standard InChI is InChI=1S/C56H37Cl3O9/c57-45-29-39(20-24-48(45)63-32-35-12-4-1-5-13-35)54(60)66-51-27-23-43-44(53(51)68-56(62)41-22-26-50(47(59)31-41)65-34-37-16-8-3-9-17-37)28-38-18-10-11-19-42(38)52(43)67-55(61)40-21-25-49(46(58)30-40)64-33-36-14-6-2-7-15-36/h1-31H,32-34H2. The fraction of sp³-hybridized carbons (Fsp3) is 0.0536. The van der Waals surface area contributed by atoms with Gasteiger partial charge < -0.3 is 28.4 Å². The molecule has 9 nitrogen and oxygen atoms in total. The Morgan fingerprint density at radius 2 is 0.721 bits per heavy atom. The average molecular weight is 960 g/mol. The summed E-state index contributed by atoms with van der Waals surface area (Å²) in [5, 5.41) is 2.40. The van der Waals surface area contributed by atoms with Crippen LogP contribution < -0.4 is 28.4 Å². The lowest BCUT2D eigenvalue weighted by molar-refractivity contribution is 0.0684. The van der Waals surface area contributed by atoms with Crippen LogP contribution in [0.25, 0.3) is 21.5 Å². The second-order valence-electron chi connectivity index (χ2n) is 15.3. The highest BCUT2D eigenvalue weighted by molar-refractivity contribution is 6.33. The maximum absolute atomic E-state index is 14.2. The molecule has 9 aromatic rings. The summed E-state index contributed by atoms with van der Waals surface area (Å²) in [6.07, 6.45) is 0. The quantitative estimate of drug-likeness (QED) is 0.0564. The third-order valence-electron chi connectivity index (χ3n) is 10.7. The Hall–Kier alpha value is -7.82. The first kappa shape index (κ1) is 45.3. The highest BCUT2D eigenvalue weighted by atomic mass is 35.5. The zero-order valence-electron chi connectivity index (χ0n) is 35.8. The molecule has 12 heteroatoms. The molecule has 0 fully saturated rings. The SMILES string of the molecule is O=C(Oc1ccc2c(OC(=O)c3ccc(OCc4ccccc4)c(Cl)c3)c3ccccc3cc2c1OC(=O)c1ccc(OCc2ccccc2)c(Cl)c1)c1ccc(OCc2ccccc2)c(Cl)c1. The van der Waals surface area contributed by atoms with E-state index in [0.29, 0.717) is 33.4 Å². The Kier molecular flexibility index (Phi) is 13.9. The van der Waals surface area contributed by atoms with E-state index in [4.69, 9.17) is 63.2 Å². The van der Waals surface area contributed by atoms with Crippen molar-refractivity contribution < 1.29 is 42.8 Å². The molecule has 0 amide bonds. The number of carbonyl (C=O) groups is 3. The van der Waals surface area contributed by atoms with Crippen LogP contribution in [0.1, 0.15) is 47.8 Å². The highest BCUT2D eigenvalue weighted by Gasteiger charge is 2.25. The number of fused-ring (bicyclic) bond motifs is 2. The predicted molar refractivity (Wildman–Crippen MR) is 263 cm³/mol. The lowest BCUT2D eigenvalue weighted by Gasteiger charge is -2.17. The van der Waals surface area contributed by atoms with E-state index >= 15 is 0 Å². The van der Waals surface area contributed by atoms with Crippen molar-refractivity contribution in [2.75, 3.05) is 0 Å². The van der Waals surface area contributed by atoms with Crippen LogP contribution in [0, 0.1) is 0 Å². The van der Waals surface area contributed by atoms with Gasteiger partial charge >= 0.3 is 17.9 Å². The Morgan fingerprint density at radius 1 is 0.338 bits per heavy atom. The van der Waals surface area contributed by atoms with Crippen molar-refractivity contribution >= 4 is 74.3 Å². The fourth-order valence-corrected chi connectivity index (χ4v) is 7.95. The van der Waals surface area contributed by atoms with E-state index in [9.17, 15) is 14.4 Å². The molecular weight excluding hydrogens is 923 g/mol. The van der Waals surface area contributed by atoms with Crippen molar-refractivity contribution in [3.8, 4) is 34.5 Å². The van der Waals surface area contributed by atoms with E-state index in [1.54, 1.807) is 48.5 Å². The monoisotopic (exact) mass is 958 g/mol. The summed E-state index contributed by atoms with van der Waals surface area (Å²) in [6, 6.07) is 54.4. The molecule has 0 saturated carbocycles. The van der Waals surface area contributed by atoms with Crippen molar-refractivity contribution in [2.45, 2.75) is 19.8 Å². The third kappa shape index (κ3) is 10.6. The molecular formula is C56H37Cl3O9. The maximum Gasteiger partial charge on any atom is 0.343 e. The molecule has 336 valence electrons. The summed E-state index contributed by atoms with van der Waals surface area (Å²) in [5.41, 5.74) is 3.16. The van der Waals surface area contributed by atoms with Gasteiger partial charge in [-0.05, 0) is 94.9 Å². The van der Waals surface area contributed by atoms with Crippen molar-refractivity contribution in [2.24, 2.45) is 0 Å². The Balaban J connectivity index is 1.04. The molecule has 0 unspecified atom stereocenters. The van der Waals surface area contributed by atoms with E-state index in [2.05, 4.69) is 0 Å². The number of hydrogen-bond donors (Lipinski definition) is 0. The normalized spacial score (nSPS) is 10.9. The summed E-state index contributed by atoms with van der Waals surface area (Å²) >= 11 is 19.9. The molecule has 0 spiro atoms. The van der Waals surface area contributed by atoms with E-state index in [0.717, 1.165) is 16.7 Å². The third-order valence-corrected chi connectivity index (χ3v) is 11.6. The van der Waals surface area contributed by atoms with Crippen LogP contribution in [0.2, 0.25) is 15.1 Å². The van der Waals surface area contributed by atoms with Crippen LogP contribution in [0.4, 0.5) is 0 Å². The summed E-state index contributed by atoms with van der Waals surface area (Å²) in [4.78, 5) is 42.1. The van der Waals surface area contributed by atoms with E-state index < -0.39 is 17.9 Å². The van der Waals surface area contributed by atoms with Gasteiger partial charge in [-0.15, -0.1) is 0 Å². The number of rotatable bonds is 15. The average Bonchev–Trinajstić information content (AvgIpc) is 3.36. The van der Waals surface area contributed by atoms with Crippen LogP contribution in [0.5, 0.6) is 34.5 Å². The summed E-state index contributed by atoms with van der Waals surface area (Å²) in [5.74, 6) is -1.34. The number of hydrogen-bond acceptors (Lipinski definition) is 9. The van der Waals surface area contributed by atoms with Crippen LogP contribution in [-0.2, 0) is 19.8 Å². The van der Waals surface area contributed by atoms with Crippen molar-refractivity contribution in [3.63, 3.8) is 0 Å².